The van der Waals surface area contributed by atoms with Gasteiger partial charge in [-0.3, -0.25) is 14.4 Å². The van der Waals surface area contributed by atoms with Gasteiger partial charge in [0.25, 0.3) is 0 Å². The number of ketones is 1. The lowest BCUT2D eigenvalue weighted by Crippen LogP contribution is -2.63. The Morgan fingerprint density at radius 2 is 1.55 bits per heavy atom. The number of hydrogen-bond acceptors (Lipinski definition) is 6. The van der Waals surface area contributed by atoms with Gasteiger partial charge in [-0.15, -0.1) is 0 Å². The minimum atomic E-state index is -0.436. The standard InChI is InChI=1S/C25H38O6/c1-13(26)18-6-7-19-23-20(12-22(25(18,19)5)31-15(3)28)24(4)9-8-17(29)10-16(24)11-21(23)30-14(2)27/h16-23,29H,6-12H2,1-5H3/t16-,17+,18+,19-,20-,21+,22-,23-,24-,25+/m0/s1. The first-order valence-electron chi connectivity index (χ1n) is 12.0. The molecule has 0 aromatic rings. The van der Waals surface area contributed by atoms with Crippen LogP contribution in [0.15, 0.2) is 0 Å². The molecule has 4 rings (SSSR count). The Hall–Kier alpha value is -1.43. The van der Waals surface area contributed by atoms with E-state index in [-0.39, 0.29) is 71.0 Å². The van der Waals surface area contributed by atoms with Crippen LogP contribution in [-0.2, 0) is 23.9 Å². The zero-order chi connectivity index (χ0) is 22.7. The number of fused-ring (bicyclic) bond motifs is 5. The van der Waals surface area contributed by atoms with Gasteiger partial charge in [0.05, 0.1) is 6.10 Å². The van der Waals surface area contributed by atoms with E-state index in [1.54, 1.807) is 6.92 Å². The average molecular weight is 435 g/mol. The summed E-state index contributed by atoms with van der Waals surface area (Å²) in [4.78, 5) is 36.8. The van der Waals surface area contributed by atoms with Crippen LogP contribution in [0.3, 0.4) is 0 Å². The molecule has 6 heteroatoms. The zero-order valence-corrected chi connectivity index (χ0v) is 19.6. The number of aliphatic hydroxyl groups is 1. The van der Waals surface area contributed by atoms with Gasteiger partial charge in [0, 0.05) is 31.1 Å². The average Bonchev–Trinajstić information content (AvgIpc) is 3.01. The van der Waals surface area contributed by atoms with E-state index in [9.17, 15) is 19.5 Å². The lowest BCUT2D eigenvalue weighted by Gasteiger charge is -2.63. The summed E-state index contributed by atoms with van der Waals surface area (Å²) in [6.07, 6.45) is 4.76. The van der Waals surface area contributed by atoms with Gasteiger partial charge in [-0.1, -0.05) is 13.8 Å². The van der Waals surface area contributed by atoms with Crippen LogP contribution >= 0.6 is 0 Å². The SMILES string of the molecule is CC(=O)O[C@H]1C[C@H]2[C@@H]([C@H](OC(C)=O)C[C@@H]3C[C@H](O)CC[C@@]32C)[C@@H]2CC[C@H](C(C)=O)[C@@]12C. The molecular weight excluding hydrogens is 396 g/mol. The fourth-order valence-corrected chi connectivity index (χ4v) is 8.49. The van der Waals surface area contributed by atoms with Crippen LogP contribution < -0.4 is 0 Å². The Labute approximate surface area is 185 Å². The maximum atomic E-state index is 12.6. The van der Waals surface area contributed by atoms with Crippen LogP contribution in [0.2, 0.25) is 0 Å². The van der Waals surface area contributed by atoms with Crippen LogP contribution in [0, 0.1) is 40.4 Å². The third-order valence-corrected chi connectivity index (χ3v) is 9.82. The summed E-state index contributed by atoms with van der Waals surface area (Å²) in [5.74, 6) is 0.273. The largest absolute Gasteiger partial charge is 0.462 e. The molecule has 174 valence electrons. The van der Waals surface area contributed by atoms with Crippen molar-refractivity contribution in [3.05, 3.63) is 0 Å². The van der Waals surface area contributed by atoms with Crippen molar-refractivity contribution in [2.75, 3.05) is 0 Å². The minimum Gasteiger partial charge on any atom is -0.462 e. The Morgan fingerprint density at radius 3 is 2.16 bits per heavy atom. The van der Waals surface area contributed by atoms with Gasteiger partial charge in [-0.05, 0) is 75.0 Å². The number of ether oxygens (including phenoxy) is 2. The number of Topliss-reactive ketones (excluding diaryl/α,β-unsaturated/α-hetero) is 1. The second-order valence-corrected chi connectivity index (χ2v) is 11.2. The molecule has 0 aromatic heterocycles. The predicted octanol–water partition coefficient (Wildman–Crippen LogP) is 3.68. The van der Waals surface area contributed by atoms with Crippen LogP contribution in [0.25, 0.3) is 0 Å². The van der Waals surface area contributed by atoms with E-state index in [2.05, 4.69) is 13.8 Å². The molecule has 0 amide bonds. The van der Waals surface area contributed by atoms with Gasteiger partial charge in [-0.2, -0.15) is 0 Å². The second kappa shape index (κ2) is 7.86. The Bertz CT molecular complexity index is 763. The molecule has 1 N–H and O–H groups in total. The van der Waals surface area contributed by atoms with Gasteiger partial charge in [-0.25, -0.2) is 0 Å². The predicted molar refractivity (Wildman–Crippen MR) is 114 cm³/mol. The van der Waals surface area contributed by atoms with Crippen molar-refractivity contribution < 1.29 is 29.0 Å². The topological polar surface area (TPSA) is 89.9 Å². The smallest absolute Gasteiger partial charge is 0.302 e. The van der Waals surface area contributed by atoms with Crippen molar-refractivity contribution in [2.45, 2.75) is 97.9 Å². The van der Waals surface area contributed by atoms with Gasteiger partial charge >= 0.3 is 11.9 Å². The van der Waals surface area contributed by atoms with E-state index in [0.29, 0.717) is 6.42 Å². The Morgan fingerprint density at radius 1 is 0.871 bits per heavy atom. The highest BCUT2D eigenvalue weighted by Crippen LogP contribution is 2.68. The summed E-state index contributed by atoms with van der Waals surface area (Å²) in [7, 11) is 0. The van der Waals surface area contributed by atoms with Crippen LogP contribution in [0.5, 0.6) is 0 Å². The molecule has 31 heavy (non-hydrogen) atoms. The second-order valence-electron chi connectivity index (χ2n) is 11.2. The van der Waals surface area contributed by atoms with Crippen molar-refractivity contribution in [1.29, 1.82) is 0 Å². The number of hydrogen-bond donors (Lipinski definition) is 1. The molecule has 0 unspecified atom stereocenters. The number of aliphatic hydroxyl groups excluding tert-OH is 1. The molecule has 4 aliphatic rings. The molecule has 0 aromatic carbocycles. The van der Waals surface area contributed by atoms with E-state index >= 15 is 0 Å². The third-order valence-electron chi connectivity index (χ3n) is 9.82. The lowest BCUT2D eigenvalue weighted by molar-refractivity contribution is -0.221. The first-order valence-corrected chi connectivity index (χ1v) is 12.0. The summed E-state index contributed by atoms with van der Waals surface area (Å²) in [6, 6.07) is 0. The first kappa shape index (κ1) is 22.8. The molecule has 4 aliphatic carbocycles. The lowest BCUT2D eigenvalue weighted by atomic mass is 9.43. The highest BCUT2D eigenvalue weighted by Gasteiger charge is 2.67. The van der Waals surface area contributed by atoms with Crippen molar-refractivity contribution in [3.8, 4) is 0 Å². The minimum absolute atomic E-state index is 0.00852. The van der Waals surface area contributed by atoms with Crippen molar-refractivity contribution in [1.82, 2.24) is 0 Å². The van der Waals surface area contributed by atoms with Gasteiger partial charge in [0.15, 0.2) is 0 Å². The Balaban J connectivity index is 1.79. The van der Waals surface area contributed by atoms with Crippen molar-refractivity contribution >= 4 is 17.7 Å². The number of carbonyl (C=O) groups excluding carboxylic acids is 3. The quantitative estimate of drug-likeness (QED) is 0.682. The fraction of sp³-hybridized carbons (Fsp3) is 0.880. The highest BCUT2D eigenvalue weighted by molar-refractivity contribution is 5.80. The normalized spacial score (nSPS) is 48.7. The zero-order valence-electron chi connectivity index (χ0n) is 19.6. The van der Waals surface area contributed by atoms with E-state index in [0.717, 1.165) is 38.5 Å². The summed E-state index contributed by atoms with van der Waals surface area (Å²) < 4.78 is 11.9. The van der Waals surface area contributed by atoms with Crippen LogP contribution in [0.1, 0.15) is 79.6 Å². The van der Waals surface area contributed by atoms with Crippen molar-refractivity contribution in [3.63, 3.8) is 0 Å². The molecule has 0 radical (unpaired) electrons. The molecule has 0 heterocycles. The molecule has 0 aliphatic heterocycles. The maximum Gasteiger partial charge on any atom is 0.302 e. The number of esters is 2. The van der Waals surface area contributed by atoms with E-state index < -0.39 is 5.41 Å². The maximum absolute atomic E-state index is 12.6. The fourth-order valence-electron chi connectivity index (χ4n) is 8.49. The van der Waals surface area contributed by atoms with Crippen LogP contribution in [-0.4, -0.2) is 41.1 Å². The molecule has 0 spiro atoms. The summed E-state index contributed by atoms with van der Waals surface area (Å²) in [5.41, 5.74) is -0.428. The third kappa shape index (κ3) is 3.53. The summed E-state index contributed by atoms with van der Waals surface area (Å²) in [5, 5.41) is 10.4. The molecular formula is C25H38O6. The van der Waals surface area contributed by atoms with Gasteiger partial charge in [0.1, 0.15) is 18.0 Å². The molecule has 0 bridgehead atoms. The first-order chi connectivity index (χ1) is 14.5. The molecule has 4 fully saturated rings. The monoisotopic (exact) mass is 434 g/mol. The molecule has 4 saturated carbocycles. The highest BCUT2D eigenvalue weighted by atomic mass is 16.5. The van der Waals surface area contributed by atoms with Gasteiger partial charge in [0.2, 0.25) is 0 Å². The molecule has 6 nitrogen and oxygen atoms in total. The van der Waals surface area contributed by atoms with Crippen molar-refractivity contribution in [2.24, 2.45) is 40.4 Å². The summed E-state index contributed by atoms with van der Waals surface area (Å²) in [6.45, 7) is 9.03. The van der Waals surface area contributed by atoms with Gasteiger partial charge < -0.3 is 14.6 Å². The molecule has 10 atom stereocenters. The summed E-state index contributed by atoms with van der Waals surface area (Å²) >= 11 is 0. The number of rotatable bonds is 3. The van der Waals surface area contributed by atoms with E-state index in [1.165, 1.54) is 13.8 Å². The van der Waals surface area contributed by atoms with Crippen LogP contribution in [0.4, 0.5) is 0 Å². The molecule has 0 saturated heterocycles. The Kier molecular flexibility index (Phi) is 5.77. The van der Waals surface area contributed by atoms with E-state index in [1.807, 2.05) is 0 Å². The number of carbonyl (C=O) groups is 3. The van der Waals surface area contributed by atoms with E-state index in [4.69, 9.17) is 9.47 Å².